The number of aromatic nitrogens is 4. The Morgan fingerprint density at radius 3 is 2.50 bits per heavy atom. The first kappa shape index (κ1) is 21.7. The lowest BCUT2D eigenvalue weighted by molar-refractivity contribution is -0.113. The van der Waals surface area contributed by atoms with Crippen molar-refractivity contribution in [3.8, 4) is 22.8 Å². The summed E-state index contributed by atoms with van der Waals surface area (Å²) < 4.78 is 7.17. The average Bonchev–Trinajstić information content (AvgIpc) is 3.32. The first-order chi connectivity index (χ1) is 16.7. The van der Waals surface area contributed by atoms with E-state index in [4.69, 9.17) is 4.74 Å². The number of benzene rings is 3. The lowest BCUT2D eigenvalue weighted by Gasteiger charge is -2.13. The van der Waals surface area contributed by atoms with E-state index < -0.39 is 0 Å². The Morgan fingerprint density at radius 2 is 1.71 bits per heavy atom. The monoisotopic (exact) mass is 467 g/mol. The smallest absolute Gasteiger partial charge is 0.234 e. The van der Waals surface area contributed by atoms with Gasteiger partial charge in [0.15, 0.2) is 11.0 Å². The van der Waals surface area contributed by atoms with Gasteiger partial charge in [-0.25, -0.2) is 0 Å². The van der Waals surface area contributed by atoms with Crippen LogP contribution in [-0.2, 0) is 4.79 Å². The van der Waals surface area contributed by atoms with E-state index in [2.05, 4.69) is 38.7 Å². The molecular weight excluding hydrogens is 446 g/mol. The highest BCUT2D eigenvalue weighted by Crippen LogP contribution is 2.31. The molecule has 5 rings (SSSR count). The van der Waals surface area contributed by atoms with Crippen molar-refractivity contribution in [3.63, 3.8) is 0 Å². The van der Waals surface area contributed by atoms with Crippen LogP contribution in [0.1, 0.15) is 0 Å². The van der Waals surface area contributed by atoms with Gasteiger partial charge in [-0.15, -0.1) is 10.2 Å². The maximum atomic E-state index is 12.6. The first-order valence-electron chi connectivity index (χ1n) is 10.6. The highest BCUT2D eigenvalue weighted by Gasteiger charge is 2.19. The number of hydrogen-bond acceptors (Lipinski definition) is 6. The molecule has 34 heavy (non-hydrogen) atoms. The van der Waals surface area contributed by atoms with Crippen LogP contribution in [0.5, 0.6) is 5.75 Å². The minimum absolute atomic E-state index is 0.131. The van der Waals surface area contributed by atoms with Crippen molar-refractivity contribution in [2.75, 3.05) is 18.2 Å². The Labute approximate surface area is 200 Å². The van der Waals surface area contributed by atoms with E-state index in [1.54, 1.807) is 31.6 Å². The quantitative estimate of drug-likeness (QED) is 0.331. The van der Waals surface area contributed by atoms with Gasteiger partial charge in [0.05, 0.1) is 18.6 Å². The number of rotatable bonds is 7. The van der Waals surface area contributed by atoms with Gasteiger partial charge in [-0.2, -0.15) is 0 Å². The third kappa shape index (κ3) is 4.49. The molecule has 2 aromatic heterocycles. The van der Waals surface area contributed by atoms with Crippen LogP contribution in [0.25, 0.3) is 27.8 Å². The second-order valence-electron chi connectivity index (χ2n) is 7.44. The zero-order chi connectivity index (χ0) is 23.3. The summed E-state index contributed by atoms with van der Waals surface area (Å²) in [5.74, 6) is 1.48. The molecule has 0 aliphatic rings. The lowest BCUT2D eigenvalue weighted by atomic mass is 10.1. The van der Waals surface area contributed by atoms with Crippen LogP contribution < -0.4 is 10.1 Å². The van der Waals surface area contributed by atoms with Crippen molar-refractivity contribution in [1.29, 1.82) is 0 Å². The third-order valence-corrected chi connectivity index (χ3v) is 6.21. The minimum Gasteiger partial charge on any atom is -0.497 e. The molecule has 0 spiro atoms. The minimum atomic E-state index is -0.131. The molecule has 0 saturated heterocycles. The Morgan fingerprint density at radius 1 is 0.941 bits per heavy atom. The predicted molar refractivity (Wildman–Crippen MR) is 134 cm³/mol. The van der Waals surface area contributed by atoms with Gasteiger partial charge in [0.2, 0.25) is 5.91 Å². The molecule has 0 unspecified atom stereocenters. The number of ether oxygens (including phenoxy) is 1. The van der Waals surface area contributed by atoms with E-state index in [1.165, 1.54) is 11.8 Å². The molecule has 5 aromatic rings. The number of nitrogens with zero attached hydrogens (tertiary/aromatic N) is 4. The Bertz CT molecular complexity index is 1430. The van der Waals surface area contributed by atoms with E-state index in [0.717, 1.165) is 27.8 Å². The van der Waals surface area contributed by atoms with Crippen molar-refractivity contribution in [2.24, 2.45) is 0 Å². The van der Waals surface area contributed by atoms with Crippen LogP contribution >= 0.6 is 11.8 Å². The van der Waals surface area contributed by atoms with Gasteiger partial charge in [-0.3, -0.25) is 14.3 Å². The summed E-state index contributed by atoms with van der Waals surface area (Å²) in [6.07, 6.45) is 3.46. The summed E-state index contributed by atoms with van der Waals surface area (Å²) in [5.41, 5.74) is 2.55. The molecule has 3 aromatic carbocycles. The van der Waals surface area contributed by atoms with Crippen molar-refractivity contribution < 1.29 is 9.53 Å². The molecule has 0 aliphatic heterocycles. The topological polar surface area (TPSA) is 81.9 Å². The number of carbonyl (C=O) groups is 1. The van der Waals surface area contributed by atoms with Crippen molar-refractivity contribution in [1.82, 2.24) is 19.7 Å². The summed E-state index contributed by atoms with van der Waals surface area (Å²) in [6.45, 7) is 0. The number of methoxy groups -OCH3 is 1. The van der Waals surface area contributed by atoms with Crippen LogP contribution in [0.15, 0.2) is 96.4 Å². The molecule has 0 fully saturated rings. The molecule has 0 atom stereocenters. The Kier molecular flexibility index (Phi) is 6.22. The molecule has 0 aliphatic carbocycles. The zero-order valence-corrected chi connectivity index (χ0v) is 19.2. The van der Waals surface area contributed by atoms with Crippen molar-refractivity contribution in [3.05, 3.63) is 91.3 Å². The fourth-order valence-electron chi connectivity index (χ4n) is 3.67. The summed E-state index contributed by atoms with van der Waals surface area (Å²) in [7, 11) is 1.61. The normalized spacial score (nSPS) is 10.9. The van der Waals surface area contributed by atoms with E-state index in [9.17, 15) is 4.79 Å². The predicted octanol–water partition coefficient (Wildman–Crippen LogP) is 5.22. The van der Waals surface area contributed by atoms with Crippen LogP contribution in [0.2, 0.25) is 0 Å². The molecule has 1 amide bonds. The SMILES string of the molecule is COc1ccc(NC(=O)CSc2nnc(-c3ccncc3)n2-c2cccc3ccccc23)cc1. The van der Waals surface area contributed by atoms with Crippen molar-refractivity contribution in [2.45, 2.75) is 5.16 Å². The van der Waals surface area contributed by atoms with Gasteiger partial charge in [0.1, 0.15) is 5.75 Å². The van der Waals surface area contributed by atoms with Crippen molar-refractivity contribution >= 4 is 34.1 Å². The highest BCUT2D eigenvalue weighted by molar-refractivity contribution is 7.99. The molecule has 0 radical (unpaired) electrons. The maximum absolute atomic E-state index is 12.6. The zero-order valence-electron chi connectivity index (χ0n) is 18.4. The number of carbonyl (C=O) groups excluding carboxylic acids is 1. The molecular formula is C26H21N5O2S. The summed E-state index contributed by atoms with van der Waals surface area (Å²) in [6, 6.07) is 25.3. The number of hydrogen-bond donors (Lipinski definition) is 1. The molecule has 0 saturated carbocycles. The van der Waals surface area contributed by atoms with Gasteiger partial charge in [0.25, 0.3) is 0 Å². The molecule has 7 nitrogen and oxygen atoms in total. The standard InChI is InChI=1S/C26H21N5O2S/c1-33-21-11-9-20(10-12-21)28-24(32)17-34-26-30-29-25(19-13-15-27-16-14-19)31(26)23-8-4-6-18-5-2-3-7-22(18)23/h2-16H,17H2,1H3,(H,28,32). The number of thioether (sulfide) groups is 1. The van der Waals surface area contributed by atoms with Gasteiger partial charge >= 0.3 is 0 Å². The molecule has 168 valence electrons. The van der Waals surface area contributed by atoms with Gasteiger partial charge in [-0.05, 0) is 47.9 Å². The molecule has 1 N–H and O–H groups in total. The Hall–Kier alpha value is -4.17. The van der Waals surface area contributed by atoms with Crippen LogP contribution in [0.3, 0.4) is 0 Å². The first-order valence-corrected chi connectivity index (χ1v) is 11.6. The summed E-state index contributed by atoms with van der Waals surface area (Å²) in [5, 5.41) is 14.6. The average molecular weight is 468 g/mol. The van der Waals surface area contributed by atoms with Gasteiger partial charge < -0.3 is 10.1 Å². The van der Waals surface area contributed by atoms with E-state index in [1.807, 2.05) is 53.1 Å². The number of pyridine rings is 1. The van der Waals surface area contributed by atoms with Crippen LogP contribution in [0, 0.1) is 0 Å². The summed E-state index contributed by atoms with van der Waals surface area (Å²) >= 11 is 1.34. The molecule has 0 bridgehead atoms. The Balaban J connectivity index is 1.46. The number of fused-ring (bicyclic) bond motifs is 1. The largest absolute Gasteiger partial charge is 0.497 e. The van der Waals surface area contributed by atoms with E-state index in [0.29, 0.717) is 16.7 Å². The molecule has 2 heterocycles. The van der Waals surface area contributed by atoms with Crippen LogP contribution in [0.4, 0.5) is 5.69 Å². The lowest BCUT2D eigenvalue weighted by Crippen LogP contribution is -2.14. The maximum Gasteiger partial charge on any atom is 0.234 e. The highest BCUT2D eigenvalue weighted by atomic mass is 32.2. The summed E-state index contributed by atoms with van der Waals surface area (Å²) in [4.78, 5) is 16.8. The number of nitrogens with one attached hydrogen (secondary N) is 1. The number of anilines is 1. The van der Waals surface area contributed by atoms with Gasteiger partial charge in [-0.1, -0.05) is 48.2 Å². The van der Waals surface area contributed by atoms with E-state index in [-0.39, 0.29) is 11.7 Å². The second kappa shape index (κ2) is 9.76. The fourth-order valence-corrected chi connectivity index (χ4v) is 4.42. The number of amides is 1. The fraction of sp³-hybridized carbons (Fsp3) is 0.0769. The van der Waals surface area contributed by atoms with E-state index >= 15 is 0 Å². The second-order valence-corrected chi connectivity index (χ2v) is 8.38. The third-order valence-electron chi connectivity index (χ3n) is 5.29. The van der Waals surface area contributed by atoms with Gasteiger partial charge in [0, 0.05) is 29.0 Å². The van der Waals surface area contributed by atoms with Crippen LogP contribution in [-0.4, -0.2) is 38.5 Å². The molecule has 8 heteroatoms.